The molecule has 1 amide bonds. The Morgan fingerprint density at radius 3 is 2.80 bits per heavy atom. The number of aromatic nitrogens is 2. The smallest absolute Gasteiger partial charge is 0.308 e. The fraction of sp³-hybridized carbons (Fsp3) is 0.643. The van der Waals surface area contributed by atoms with Crippen LogP contribution in [0.1, 0.15) is 54.6 Å². The van der Waals surface area contributed by atoms with E-state index >= 15 is 0 Å². The van der Waals surface area contributed by atoms with E-state index in [2.05, 4.69) is 10.4 Å². The molecule has 0 radical (unpaired) electrons. The molecule has 1 aliphatic carbocycles. The van der Waals surface area contributed by atoms with Gasteiger partial charge in [0.05, 0.1) is 23.4 Å². The van der Waals surface area contributed by atoms with Gasteiger partial charge in [0.1, 0.15) is 0 Å². The molecule has 1 unspecified atom stereocenters. The molecule has 2 N–H and O–H groups in total. The molecule has 2 rings (SSSR count). The van der Waals surface area contributed by atoms with Crippen LogP contribution in [-0.4, -0.2) is 33.3 Å². The maximum absolute atomic E-state index is 12.2. The molecule has 1 saturated carbocycles. The number of hydrogen-bond donors (Lipinski definition) is 2. The number of carboxylic acid groups (broad SMARTS) is 1. The summed E-state index contributed by atoms with van der Waals surface area (Å²) in [6.07, 6.45) is 5.10. The monoisotopic (exact) mass is 279 g/mol. The zero-order valence-corrected chi connectivity index (χ0v) is 11.9. The highest BCUT2D eigenvalue weighted by Gasteiger charge is 2.31. The molecule has 1 aliphatic rings. The van der Waals surface area contributed by atoms with Crippen molar-refractivity contribution in [1.82, 2.24) is 15.1 Å². The average molecular weight is 279 g/mol. The Morgan fingerprint density at radius 2 is 2.25 bits per heavy atom. The zero-order valence-electron chi connectivity index (χ0n) is 11.9. The van der Waals surface area contributed by atoms with Crippen molar-refractivity contribution in [2.24, 2.45) is 13.0 Å². The van der Waals surface area contributed by atoms with Crippen LogP contribution in [0.2, 0.25) is 0 Å². The lowest BCUT2D eigenvalue weighted by atomic mass is 10.0. The van der Waals surface area contributed by atoms with E-state index in [0.29, 0.717) is 17.9 Å². The highest BCUT2D eigenvalue weighted by Crippen LogP contribution is 2.41. The lowest BCUT2D eigenvalue weighted by Gasteiger charge is -2.12. The second kappa shape index (κ2) is 6.07. The van der Waals surface area contributed by atoms with Crippen molar-refractivity contribution in [2.45, 2.75) is 38.5 Å². The van der Waals surface area contributed by atoms with Gasteiger partial charge in [0.15, 0.2) is 0 Å². The molecule has 20 heavy (non-hydrogen) atoms. The zero-order chi connectivity index (χ0) is 14.7. The molecule has 110 valence electrons. The predicted octanol–water partition coefficient (Wildman–Crippen LogP) is 1.53. The molecule has 1 fully saturated rings. The lowest BCUT2D eigenvalue weighted by molar-refractivity contribution is -0.141. The van der Waals surface area contributed by atoms with Crippen LogP contribution in [0.3, 0.4) is 0 Å². The minimum atomic E-state index is -0.860. The molecule has 0 bridgehead atoms. The predicted molar refractivity (Wildman–Crippen MR) is 73.6 cm³/mol. The van der Waals surface area contributed by atoms with Gasteiger partial charge in [-0.2, -0.15) is 5.10 Å². The third-order valence-corrected chi connectivity index (χ3v) is 3.69. The molecule has 6 nitrogen and oxygen atoms in total. The third-order valence-electron chi connectivity index (χ3n) is 3.69. The Hall–Kier alpha value is -1.85. The normalized spacial score (nSPS) is 15.9. The number of carbonyl (C=O) groups excluding carboxylic acids is 1. The number of hydrogen-bond acceptors (Lipinski definition) is 3. The van der Waals surface area contributed by atoms with Gasteiger partial charge in [-0.05, 0) is 19.3 Å². The molecule has 1 atom stereocenters. The Morgan fingerprint density at radius 1 is 1.55 bits per heavy atom. The minimum absolute atomic E-state index is 0.168. The Labute approximate surface area is 118 Å². The first-order valence-electron chi connectivity index (χ1n) is 7.07. The largest absolute Gasteiger partial charge is 0.481 e. The van der Waals surface area contributed by atoms with E-state index in [1.807, 2.05) is 14.0 Å². The maximum Gasteiger partial charge on any atom is 0.308 e. The van der Waals surface area contributed by atoms with Gasteiger partial charge in [0.2, 0.25) is 0 Å². The quantitative estimate of drug-likeness (QED) is 0.792. The summed E-state index contributed by atoms with van der Waals surface area (Å²) in [6.45, 7) is 2.10. The molecule has 1 aromatic rings. The SMILES string of the molecule is CCCC(CNC(=O)c1cnn(C)c1C1CC1)C(=O)O. The summed E-state index contributed by atoms with van der Waals surface area (Å²) < 4.78 is 1.74. The van der Waals surface area contributed by atoms with E-state index in [-0.39, 0.29) is 12.5 Å². The van der Waals surface area contributed by atoms with Crippen LogP contribution in [0.25, 0.3) is 0 Å². The Balaban J connectivity index is 1.99. The third kappa shape index (κ3) is 3.18. The van der Waals surface area contributed by atoms with E-state index < -0.39 is 11.9 Å². The van der Waals surface area contributed by atoms with Crippen LogP contribution < -0.4 is 5.32 Å². The molecule has 0 spiro atoms. The second-order valence-electron chi connectivity index (χ2n) is 5.38. The first kappa shape index (κ1) is 14.6. The highest BCUT2D eigenvalue weighted by atomic mass is 16.4. The van der Waals surface area contributed by atoms with Crippen molar-refractivity contribution in [3.8, 4) is 0 Å². The molecule has 1 heterocycles. The lowest BCUT2D eigenvalue weighted by Crippen LogP contribution is -2.33. The van der Waals surface area contributed by atoms with Gasteiger partial charge in [0.25, 0.3) is 5.91 Å². The average Bonchev–Trinajstić information content (AvgIpc) is 3.16. The van der Waals surface area contributed by atoms with Crippen LogP contribution in [0, 0.1) is 5.92 Å². The number of aliphatic carboxylic acids is 1. The van der Waals surface area contributed by atoms with E-state index in [9.17, 15) is 9.59 Å². The molecule has 0 aromatic carbocycles. The van der Waals surface area contributed by atoms with Gasteiger partial charge in [-0.1, -0.05) is 13.3 Å². The molecule has 0 aliphatic heterocycles. The summed E-state index contributed by atoms with van der Waals surface area (Å²) in [5.41, 5.74) is 1.54. The van der Waals surface area contributed by atoms with Crippen molar-refractivity contribution in [3.63, 3.8) is 0 Å². The van der Waals surface area contributed by atoms with Crippen LogP contribution in [0.15, 0.2) is 6.20 Å². The Kier molecular flexibility index (Phi) is 4.42. The number of aryl methyl sites for hydroxylation is 1. The van der Waals surface area contributed by atoms with Gasteiger partial charge in [0, 0.05) is 19.5 Å². The molecule has 0 saturated heterocycles. The topological polar surface area (TPSA) is 84.2 Å². The molecule has 6 heteroatoms. The van der Waals surface area contributed by atoms with Crippen molar-refractivity contribution < 1.29 is 14.7 Å². The van der Waals surface area contributed by atoms with E-state index in [0.717, 1.165) is 25.0 Å². The summed E-state index contributed by atoms with van der Waals surface area (Å²) in [6, 6.07) is 0. The number of amides is 1. The van der Waals surface area contributed by atoms with Crippen LogP contribution in [0.5, 0.6) is 0 Å². The molecular formula is C14H21N3O3. The first-order valence-corrected chi connectivity index (χ1v) is 7.07. The maximum atomic E-state index is 12.2. The first-order chi connectivity index (χ1) is 9.54. The fourth-order valence-electron chi connectivity index (χ4n) is 2.44. The standard InChI is InChI=1S/C14H21N3O3/c1-3-4-10(14(19)20)7-15-13(18)11-8-16-17(2)12(11)9-5-6-9/h8-10H,3-7H2,1-2H3,(H,15,18)(H,19,20). The van der Waals surface area contributed by atoms with Crippen LogP contribution in [-0.2, 0) is 11.8 Å². The fourth-order valence-corrected chi connectivity index (χ4v) is 2.44. The number of rotatable bonds is 7. The van der Waals surface area contributed by atoms with Crippen LogP contribution in [0.4, 0.5) is 0 Å². The number of carboxylic acids is 1. The molecular weight excluding hydrogens is 258 g/mol. The Bertz CT molecular complexity index is 506. The number of nitrogens with one attached hydrogen (secondary N) is 1. The van der Waals surface area contributed by atoms with Crippen molar-refractivity contribution in [3.05, 3.63) is 17.5 Å². The summed E-state index contributed by atoms with van der Waals surface area (Å²) >= 11 is 0. The van der Waals surface area contributed by atoms with E-state index in [1.54, 1.807) is 10.9 Å². The van der Waals surface area contributed by atoms with Crippen molar-refractivity contribution >= 4 is 11.9 Å². The second-order valence-corrected chi connectivity index (χ2v) is 5.38. The highest BCUT2D eigenvalue weighted by molar-refractivity contribution is 5.95. The minimum Gasteiger partial charge on any atom is -0.481 e. The van der Waals surface area contributed by atoms with Gasteiger partial charge in [-0.15, -0.1) is 0 Å². The summed E-state index contributed by atoms with van der Waals surface area (Å²) in [7, 11) is 1.83. The summed E-state index contributed by atoms with van der Waals surface area (Å²) in [5, 5.41) is 15.9. The van der Waals surface area contributed by atoms with Crippen molar-refractivity contribution in [1.29, 1.82) is 0 Å². The van der Waals surface area contributed by atoms with Gasteiger partial charge in [-0.3, -0.25) is 14.3 Å². The number of carbonyl (C=O) groups is 2. The number of nitrogens with zero attached hydrogens (tertiary/aromatic N) is 2. The van der Waals surface area contributed by atoms with E-state index in [4.69, 9.17) is 5.11 Å². The van der Waals surface area contributed by atoms with Crippen LogP contribution >= 0.6 is 0 Å². The van der Waals surface area contributed by atoms with Gasteiger partial charge in [-0.25, -0.2) is 0 Å². The summed E-state index contributed by atoms with van der Waals surface area (Å²) in [4.78, 5) is 23.2. The van der Waals surface area contributed by atoms with Crippen molar-refractivity contribution in [2.75, 3.05) is 6.54 Å². The van der Waals surface area contributed by atoms with Gasteiger partial charge < -0.3 is 10.4 Å². The molecule has 1 aromatic heterocycles. The van der Waals surface area contributed by atoms with Gasteiger partial charge >= 0.3 is 5.97 Å². The summed E-state index contributed by atoms with van der Waals surface area (Å²) in [5.74, 6) is -1.18. The van der Waals surface area contributed by atoms with E-state index in [1.165, 1.54) is 0 Å².